The molecule has 0 fully saturated rings. The van der Waals surface area contributed by atoms with Crippen molar-refractivity contribution >= 4 is 34.6 Å². The van der Waals surface area contributed by atoms with Crippen molar-refractivity contribution in [3.8, 4) is 23.3 Å². The van der Waals surface area contributed by atoms with Crippen molar-refractivity contribution in [3.05, 3.63) is 104 Å². The first-order valence-electron chi connectivity index (χ1n) is 11.7. The molecule has 8 heteroatoms. The number of rotatable bonds is 8. The van der Waals surface area contributed by atoms with E-state index in [4.69, 9.17) is 9.47 Å². The van der Waals surface area contributed by atoms with Crippen LogP contribution in [0, 0.1) is 11.3 Å². The Morgan fingerprint density at radius 2 is 1.54 bits per heavy atom. The molecule has 0 aliphatic rings. The van der Waals surface area contributed by atoms with Gasteiger partial charge in [-0.1, -0.05) is 30.3 Å². The predicted molar refractivity (Wildman–Crippen MR) is 146 cm³/mol. The Bertz CT molecular complexity index is 1600. The molecule has 0 unspecified atom stereocenters. The van der Waals surface area contributed by atoms with E-state index in [-0.39, 0.29) is 15.8 Å². The van der Waals surface area contributed by atoms with E-state index in [1.54, 1.807) is 54.6 Å². The molecule has 0 bridgehead atoms. The minimum Gasteiger partial charge on any atom is -0.494 e. The fourth-order valence-corrected chi connectivity index (χ4v) is 4.73. The molecule has 37 heavy (non-hydrogen) atoms. The number of ether oxygens (including phenoxy) is 2. The van der Waals surface area contributed by atoms with Crippen LogP contribution in [0.3, 0.4) is 0 Å². The summed E-state index contributed by atoms with van der Waals surface area (Å²) >= 11 is 1.09. The molecule has 0 saturated carbocycles. The van der Waals surface area contributed by atoms with Gasteiger partial charge in [-0.3, -0.25) is 14.2 Å². The van der Waals surface area contributed by atoms with Gasteiger partial charge in [0.1, 0.15) is 22.2 Å². The van der Waals surface area contributed by atoms with Crippen molar-refractivity contribution in [3.63, 3.8) is 0 Å². The molecule has 0 aliphatic heterocycles. The fourth-order valence-electron chi connectivity index (χ4n) is 3.63. The highest BCUT2D eigenvalue weighted by atomic mass is 32.1. The van der Waals surface area contributed by atoms with Gasteiger partial charge in [0, 0.05) is 5.69 Å². The fraction of sp³-hybridized carbons (Fsp3) is 0.138. The molecule has 0 saturated heterocycles. The average molecular weight is 512 g/mol. The van der Waals surface area contributed by atoms with Crippen molar-refractivity contribution in [2.45, 2.75) is 13.8 Å². The summed E-state index contributed by atoms with van der Waals surface area (Å²) < 4.78 is 13.0. The zero-order valence-corrected chi connectivity index (χ0v) is 21.2. The van der Waals surface area contributed by atoms with Gasteiger partial charge in [-0.15, -0.1) is 11.3 Å². The van der Waals surface area contributed by atoms with E-state index in [1.807, 2.05) is 50.2 Å². The van der Waals surface area contributed by atoms with E-state index in [0.717, 1.165) is 22.6 Å². The quantitative estimate of drug-likeness (QED) is 0.388. The Morgan fingerprint density at radius 1 is 0.946 bits per heavy atom. The second kappa shape index (κ2) is 11.9. The zero-order valence-electron chi connectivity index (χ0n) is 20.4. The smallest absolute Gasteiger partial charge is 0.273 e. The molecule has 0 atom stereocenters. The normalized spacial score (nSPS) is 12.0. The van der Waals surface area contributed by atoms with Crippen LogP contribution in [0.1, 0.15) is 19.4 Å². The first kappa shape index (κ1) is 25.5. The summed E-state index contributed by atoms with van der Waals surface area (Å²) in [6, 6.07) is 25.2. The third-order valence-corrected chi connectivity index (χ3v) is 6.40. The van der Waals surface area contributed by atoms with E-state index in [2.05, 4.69) is 5.32 Å². The Labute approximate surface area is 218 Å². The van der Waals surface area contributed by atoms with Crippen LogP contribution in [0.25, 0.3) is 17.3 Å². The Morgan fingerprint density at radius 3 is 2.11 bits per heavy atom. The van der Waals surface area contributed by atoms with Gasteiger partial charge in [0.05, 0.1) is 23.4 Å². The number of nitrogens with one attached hydrogen (secondary N) is 1. The van der Waals surface area contributed by atoms with E-state index >= 15 is 0 Å². The van der Waals surface area contributed by atoms with Crippen molar-refractivity contribution < 1.29 is 14.3 Å². The van der Waals surface area contributed by atoms with Crippen molar-refractivity contribution in [2.75, 3.05) is 18.5 Å². The van der Waals surface area contributed by atoms with Crippen molar-refractivity contribution in [1.82, 2.24) is 4.57 Å². The number of para-hydroxylation sites is 1. The SMILES string of the molecule is CCOc1ccc(/C=c2/s/c(=C(\C#N)C(=O)Nc3ccc(OCC)cc3)n(-c3ccccc3)c2=O)cc1. The Kier molecular flexibility index (Phi) is 8.18. The lowest BCUT2D eigenvalue weighted by Crippen LogP contribution is -2.32. The van der Waals surface area contributed by atoms with E-state index in [9.17, 15) is 14.9 Å². The minimum atomic E-state index is -0.606. The number of anilines is 1. The lowest BCUT2D eigenvalue weighted by molar-refractivity contribution is -0.111. The van der Waals surface area contributed by atoms with Gasteiger partial charge in [-0.2, -0.15) is 5.26 Å². The summed E-state index contributed by atoms with van der Waals surface area (Å²) in [5.74, 6) is 0.806. The van der Waals surface area contributed by atoms with Crippen molar-refractivity contribution in [2.24, 2.45) is 0 Å². The Balaban J connectivity index is 1.83. The molecule has 0 aliphatic carbocycles. The van der Waals surface area contributed by atoms with E-state index < -0.39 is 5.91 Å². The summed E-state index contributed by atoms with van der Waals surface area (Å²) in [4.78, 5) is 26.7. The van der Waals surface area contributed by atoms with Crippen LogP contribution in [0.4, 0.5) is 5.69 Å². The molecule has 186 valence electrons. The summed E-state index contributed by atoms with van der Waals surface area (Å²) in [6.45, 7) is 4.89. The molecule has 1 amide bonds. The van der Waals surface area contributed by atoms with Crippen LogP contribution in [-0.2, 0) is 4.79 Å². The summed E-state index contributed by atoms with van der Waals surface area (Å²) in [6.07, 6.45) is 1.74. The Hall–Kier alpha value is -4.61. The van der Waals surface area contributed by atoms with Gasteiger partial charge in [-0.25, -0.2) is 0 Å². The number of carbonyl (C=O) groups excluding carboxylic acids is 1. The molecule has 0 spiro atoms. The van der Waals surface area contributed by atoms with Crippen LogP contribution in [0.2, 0.25) is 0 Å². The molecule has 1 heterocycles. The van der Waals surface area contributed by atoms with Crippen LogP contribution in [-0.4, -0.2) is 23.7 Å². The van der Waals surface area contributed by atoms with Gasteiger partial charge >= 0.3 is 0 Å². The molecule has 7 nitrogen and oxygen atoms in total. The van der Waals surface area contributed by atoms with Crippen LogP contribution in [0.5, 0.6) is 11.5 Å². The topological polar surface area (TPSA) is 93.3 Å². The van der Waals surface area contributed by atoms with Gasteiger partial charge in [0.2, 0.25) is 0 Å². The zero-order chi connectivity index (χ0) is 26.2. The molecule has 0 radical (unpaired) electrons. The number of carbonyl (C=O) groups is 1. The van der Waals surface area contributed by atoms with Crippen molar-refractivity contribution in [1.29, 1.82) is 5.26 Å². The molecular weight excluding hydrogens is 486 g/mol. The summed E-state index contributed by atoms with van der Waals surface area (Å²) in [5.41, 5.74) is 1.39. The van der Waals surface area contributed by atoms with Gasteiger partial charge in [-0.05, 0) is 74.0 Å². The highest BCUT2D eigenvalue weighted by Crippen LogP contribution is 2.16. The summed E-state index contributed by atoms with van der Waals surface area (Å²) in [5, 5.41) is 12.7. The molecular formula is C29H25N3O4S. The largest absolute Gasteiger partial charge is 0.494 e. The minimum absolute atomic E-state index is 0.161. The maximum Gasteiger partial charge on any atom is 0.273 e. The van der Waals surface area contributed by atoms with Gasteiger partial charge < -0.3 is 14.8 Å². The highest BCUT2D eigenvalue weighted by Gasteiger charge is 2.17. The standard InChI is InChI=1S/C29H25N3O4S/c1-3-35-23-14-10-20(11-15-23)18-26-28(34)32(22-8-6-5-7-9-22)29(37-26)25(19-30)27(33)31-21-12-16-24(17-13-21)36-4-2/h5-18H,3-4H2,1-2H3,(H,31,33)/b26-18+,29-25+. The molecule has 4 aromatic rings. The second-order valence-electron chi connectivity index (χ2n) is 7.79. The molecule has 1 N–H and O–H groups in total. The second-order valence-corrected chi connectivity index (χ2v) is 8.82. The van der Waals surface area contributed by atoms with E-state index in [1.165, 1.54) is 4.57 Å². The van der Waals surface area contributed by atoms with Gasteiger partial charge in [0.15, 0.2) is 5.57 Å². The monoisotopic (exact) mass is 511 g/mol. The molecule has 4 rings (SSSR count). The third-order valence-electron chi connectivity index (χ3n) is 5.30. The average Bonchev–Trinajstić information content (AvgIpc) is 3.22. The highest BCUT2D eigenvalue weighted by molar-refractivity contribution is 7.07. The number of thiazole rings is 1. The summed E-state index contributed by atoms with van der Waals surface area (Å²) in [7, 11) is 0. The van der Waals surface area contributed by atoms with Crippen LogP contribution in [0.15, 0.2) is 83.7 Å². The number of aromatic nitrogens is 1. The number of nitriles is 1. The van der Waals surface area contributed by atoms with Crippen LogP contribution < -0.4 is 29.5 Å². The number of hydrogen-bond donors (Lipinski definition) is 1. The third kappa shape index (κ3) is 5.97. The first-order chi connectivity index (χ1) is 18.0. The van der Waals surface area contributed by atoms with E-state index in [0.29, 0.717) is 34.9 Å². The number of amides is 1. The lowest BCUT2D eigenvalue weighted by atomic mass is 10.2. The number of hydrogen-bond acceptors (Lipinski definition) is 6. The maximum absolute atomic E-state index is 13.5. The number of benzene rings is 3. The first-order valence-corrected chi connectivity index (χ1v) is 12.6. The molecule has 1 aromatic heterocycles. The van der Waals surface area contributed by atoms with Gasteiger partial charge in [0.25, 0.3) is 11.5 Å². The lowest BCUT2D eigenvalue weighted by Gasteiger charge is -2.07. The molecule has 3 aromatic carbocycles. The maximum atomic E-state index is 13.5. The van der Waals surface area contributed by atoms with Crippen LogP contribution >= 0.6 is 11.3 Å². The number of nitrogens with zero attached hydrogens (tertiary/aromatic N) is 2. The predicted octanol–water partition coefficient (Wildman–Crippen LogP) is 3.84.